The monoisotopic (exact) mass is 256 g/mol. The van der Waals surface area contributed by atoms with Crippen LogP contribution in [-0.2, 0) is 6.42 Å². The van der Waals surface area contributed by atoms with Crippen LogP contribution in [-0.4, -0.2) is 17.7 Å². The van der Waals surface area contributed by atoms with Gasteiger partial charge in [0.2, 0.25) is 0 Å². The first-order valence-corrected chi connectivity index (χ1v) is 5.08. The van der Waals surface area contributed by atoms with Crippen LogP contribution in [0.2, 0.25) is 0 Å². The van der Waals surface area contributed by atoms with Gasteiger partial charge < -0.3 is 9.84 Å². The standard InChI is InChI=1S/C10H9BrO3/c1-5-6-2-3-14-9(6)7(10(12)13)4-8(5)11/h4H,2-3H2,1H3,(H,12,13). The Morgan fingerprint density at radius 3 is 3.00 bits per heavy atom. The van der Waals surface area contributed by atoms with Crippen molar-refractivity contribution in [3.8, 4) is 5.75 Å². The Morgan fingerprint density at radius 1 is 1.64 bits per heavy atom. The van der Waals surface area contributed by atoms with E-state index in [-0.39, 0.29) is 5.56 Å². The number of halogens is 1. The van der Waals surface area contributed by atoms with Crippen LogP contribution >= 0.6 is 15.9 Å². The number of hydrogen-bond acceptors (Lipinski definition) is 2. The molecule has 2 rings (SSSR count). The molecule has 0 saturated carbocycles. The summed E-state index contributed by atoms with van der Waals surface area (Å²) in [6.45, 7) is 2.54. The van der Waals surface area contributed by atoms with Crippen LogP contribution in [0.3, 0.4) is 0 Å². The normalized spacial score (nSPS) is 13.6. The SMILES string of the molecule is Cc1c(Br)cc(C(=O)O)c2c1CCO2. The Balaban J connectivity index is 2.70. The van der Waals surface area contributed by atoms with E-state index in [1.807, 2.05) is 6.92 Å². The second-order valence-corrected chi connectivity index (χ2v) is 4.10. The van der Waals surface area contributed by atoms with E-state index in [9.17, 15) is 4.79 Å². The lowest BCUT2D eigenvalue weighted by Crippen LogP contribution is -2.01. The van der Waals surface area contributed by atoms with E-state index >= 15 is 0 Å². The van der Waals surface area contributed by atoms with Gasteiger partial charge in [-0.3, -0.25) is 0 Å². The molecule has 0 fully saturated rings. The zero-order valence-corrected chi connectivity index (χ0v) is 9.22. The van der Waals surface area contributed by atoms with Crippen molar-refractivity contribution in [3.05, 3.63) is 27.2 Å². The van der Waals surface area contributed by atoms with Gasteiger partial charge in [0.15, 0.2) is 0 Å². The topological polar surface area (TPSA) is 46.5 Å². The van der Waals surface area contributed by atoms with Crippen LogP contribution < -0.4 is 4.74 Å². The summed E-state index contributed by atoms with van der Waals surface area (Å²) >= 11 is 3.35. The first kappa shape index (κ1) is 9.52. The highest BCUT2D eigenvalue weighted by Gasteiger charge is 2.23. The van der Waals surface area contributed by atoms with Gasteiger partial charge in [-0.25, -0.2) is 4.79 Å². The first-order chi connectivity index (χ1) is 6.61. The molecule has 0 bridgehead atoms. The van der Waals surface area contributed by atoms with E-state index in [1.165, 1.54) is 0 Å². The van der Waals surface area contributed by atoms with Crippen molar-refractivity contribution in [2.75, 3.05) is 6.61 Å². The van der Waals surface area contributed by atoms with Crippen LogP contribution in [0, 0.1) is 6.92 Å². The number of hydrogen-bond donors (Lipinski definition) is 1. The molecular weight excluding hydrogens is 248 g/mol. The fourth-order valence-corrected chi connectivity index (χ4v) is 2.13. The molecule has 0 aliphatic carbocycles. The van der Waals surface area contributed by atoms with Crippen LogP contribution in [0.4, 0.5) is 0 Å². The van der Waals surface area contributed by atoms with E-state index in [0.29, 0.717) is 12.4 Å². The number of ether oxygens (including phenoxy) is 1. The average molecular weight is 257 g/mol. The molecule has 1 aliphatic heterocycles. The molecular formula is C10H9BrO3. The van der Waals surface area contributed by atoms with Crippen molar-refractivity contribution >= 4 is 21.9 Å². The molecule has 0 spiro atoms. The zero-order chi connectivity index (χ0) is 10.3. The quantitative estimate of drug-likeness (QED) is 0.840. The first-order valence-electron chi connectivity index (χ1n) is 4.29. The molecule has 14 heavy (non-hydrogen) atoms. The third-order valence-corrected chi connectivity index (χ3v) is 3.25. The van der Waals surface area contributed by atoms with Crippen LogP contribution in [0.1, 0.15) is 21.5 Å². The van der Waals surface area contributed by atoms with Gasteiger partial charge in [0, 0.05) is 16.5 Å². The molecule has 3 nitrogen and oxygen atoms in total. The summed E-state index contributed by atoms with van der Waals surface area (Å²) in [7, 11) is 0. The molecule has 1 aromatic carbocycles. The van der Waals surface area contributed by atoms with E-state index in [1.54, 1.807) is 6.07 Å². The number of carbonyl (C=O) groups is 1. The average Bonchev–Trinajstić information content (AvgIpc) is 2.59. The van der Waals surface area contributed by atoms with E-state index < -0.39 is 5.97 Å². The largest absolute Gasteiger partial charge is 0.492 e. The van der Waals surface area contributed by atoms with E-state index in [2.05, 4.69) is 15.9 Å². The Kier molecular flexibility index (Phi) is 2.23. The smallest absolute Gasteiger partial charge is 0.339 e. The number of carboxylic acids is 1. The van der Waals surface area contributed by atoms with Gasteiger partial charge in [0.1, 0.15) is 11.3 Å². The van der Waals surface area contributed by atoms with Gasteiger partial charge in [0.25, 0.3) is 0 Å². The maximum absolute atomic E-state index is 10.9. The van der Waals surface area contributed by atoms with Crippen molar-refractivity contribution in [2.24, 2.45) is 0 Å². The third-order valence-electron chi connectivity index (χ3n) is 2.43. The maximum Gasteiger partial charge on any atom is 0.339 e. The molecule has 1 N–H and O–H groups in total. The molecule has 4 heteroatoms. The van der Waals surface area contributed by atoms with Gasteiger partial charge in [-0.15, -0.1) is 0 Å². The number of fused-ring (bicyclic) bond motifs is 1. The fraction of sp³-hybridized carbons (Fsp3) is 0.300. The second-order valence-electron chi connectivity index (χ2n) is 3.24. The van der Waals surface area contributed by atoms with Crippen molar-refractivity contribution in [2.45, 2.75) is 13.3 Å². The lowest BCUT2D eigenvalue weighted by atomic mass is 10.0. The second kappa shape index (κ2) is 3.28. The van der Waals surface area contributed by atoms with E-state index in [0.717, 1.165) is 22.0 Å². The van der Waals surface area contributed by atoms with E-state index in [4.69, 9.17) is 9.84 Å². The summed E-state index contributed by atoms with van der Waals surface area (Å²) in [6.07, 6.45) is 0.793. The van der Waals surface area contributed by atoms with Crippen LogP contribution in [0.15, 0.2) is 10.5 Å². The third kappa shape index (κ3) is 1.30. The van der Waals surface area contributed by atoms with Crippen LogP contribution in [0.25, 0.3) is 0 Å². The maximum atomic E-state index is 10.9. The molecule has 0 radical (unpaired) electrons. The van der Waals surface area contributed by atoms with Crippen molar-refractivity contribution < 1.29 is 14.6 Å². The van der Waals surface area contributed by atoms with Gasteiger partial charge in [-0.05, 0) is 18.6 Å². The van der Waals surface area contributed by atoms with Crippen LogP contribution in [0.5, 0.6) is 5.75 Å². The summed E-state index contributed by atoms with van der Waals surface area (Å²) in [4.78, 5) is 10.9. The minimum absolute atomic E-state index is 0.245. The van der Waals surface area contributed by atoms with Crippen molar-refractivity contribution in [1.29, 1.82) is 0 Å². The molecule has 74 valence electrons. The minimum atomic E-state index is -0.941. The molecule has 1 aromatic rings. The van der Waals surface area contributed by atoms with Gasteiger partial charge >= 0.3 is 5.97 Å². The number of benzene rings is 1. The highest BCUT2D eigenvalue weighted by Crippen LogP contribution is 2.36. The Hall–Kier alpha value is -1.03. The molecule has 0 atom stereocenters. The molecule has 0 unspecified atom stereocenters. The number of aromatic carboxylic acids is 1. The summed E-state index contributed by atoms with van der Waals surface area (Å²) in [5, 5.41) is 8.96. The Labute approximate surface area is 89.8 Å². The Bertz CT molecular complexity index is 412. The lowest BCUT2D eigenvalue weighted by molar-refractivity contribution is 0.0693. The summed E-state index contributed by atoms with van der Waals surface area (Å²) in [5.74, 6) is -0.401. The fourth-order valence-electron chi connectivity index (χ4n) is 1.66. The molecule has 1 heterocycles. The summed E-state index contributed by atoms with van der Waals surface area (Å²) in [5.41, 5.74) is 2.33. The van der Waals surface area contributed by atoms with Gasteiger partial charge in [0.05, 0.1) is 6.61 Å². The lowest BCUT2D eigenvalue weighted by Gasteiger charge is -2.08. The number of rotatable bonds is 1. The zero-order valence-electron chi connectivity index (χ0n) is 7.63. The highest BCUT2D eigenvalue weighted by atomic mass is 79.9. The Morgan fingerprint density at radius 2 is 2.36 bits per heavy atom. The predicted octanol–water partition coefficient (Wildman–Crippen LogP) is 2.39. The molecule has 0 saturated heterocycles. The molecule has 0 amide bonds. The van der Waals surface area contributed by atoms with Crippen molar-refractivity contribution in [3.63, 3.8) is 0 Å². The number of carboxylic acid groups (broad SMARTS) is 1. The summed E-state index contributed by atoms with van der Waals surface area (Å²) in [6, 6.07) is 1.60. The highest BCUT2D eigenvalue weighted by molar-refractivity contribution is 9.10. The minimum Gasteiger partial charge on any atom is -0.492 e. The molecule has 1 aliphatic rings. The van der Waals surface area contributed by atoms with Gasteiger partial charge in [-0.2, -0.15) is 0 Å². The molecule has 0 aromatic heterocycles. The van der Waals surface area contributed by atoms with Gasteiger partial charge in [-0.1, -0.05) is 15.9 Å². The van der Waals surface area contributed by atoms with Crippen molar-refractivity contribution in [1.82, 2.24) is 0 Å². The summed E-state index contributed by atoms with van der Waals surface area (Å²) < 4.78 is 6.16. The predicted molar refractivity (Wildman–Crippen MR) is 55.0 cm³/mol.